The van der Waals surface area contributed by atoms with Crippen molar-refractivity contribution < 1.29 is 45.9 Å². The number of nitrogens with zero attached hydrogens (tertiary/aromatic N) is 3. The monoisotopic (exact) mass is 264 g/mol. The van der Waals surface area contributed by atoms with E-state index in [9.17, 15) is 0 Å². The predicted octanol–water partition coefficient (Wildman–Crippen LogP) is -8.89. The third kappa shape index (κ3) is 156. The Morgan fingerprint density at radius 3 is 0.611 bits per heavy atom. The second-order valence-corrected chi connectivity index (χ2v) is 1.47. The van der Waals surface area contributed by atoms with E-state index >= 15 is 0 Å². The fraction of sp³-hybridized carbons (Fsp3) is 0.500. The highest BCUT2D eigenvalue weighted by molar-refractivity contribution is 5.60. The molecule has 0 aliphatic heterocycles. The van der Waals surface area contributed by atoms with Gasteiger partial charge in [-0.2, -0.15) is 0 Å². The van der Waals surface area contributed by atoms with Crippen molar-refractivity contribution in [2.45, 2.75) is 20.8 Å². The van der Waals surface area contributed by atoms with Crippen LogP contribution in [0, 0.1) is 16.2 Å². The van der Waals surface area contributed by atoms with Crippen molar-refractivity contribution in [2.24, 2.45) is 0 Å². The molecule has 12 nitrogen and oxygen atoms in total. The first-order valence-electron chi connectivity index (χ1n) is 3.40. The molecule has 0 heterocycles. The summed E-state index contributed by atoms with van der Waals surface area (Å²) in [6, 6.07) is 0. The molecule has 102 valence electrons. The molecule has 0 aromatic heterocycles. The third-order valence-electron chi connectivity index (χ3n) is 0. The van der Waals surface area contributed by atoms with Gasteiger partial charge < -0.3 is 29.7 Å². The van der Waals surface area contributed by atoms with Crippen LogP contribution in [-0.4, -0.2) is 17.9 Å². The van der Waals surface area contributed by atoms with Gasteiger partial charge in [-0.1, -0.05) is 0 Å². The molecule has 0 aliphatic rings. The molecule has 0 aromatic rings. The number of carboxylic acid groups (broad SMARTS) is 3. The van der Waals surface area contributed by atoms with Crippen molar-refractivity contribution in [3.8, 4) is 0 Å². The summed E-state index contributed by atoms with van der Waals surface area (Å²) in [6.07, 6.45) is 0. The van der Waals surface area contributed by atoms with Gasteiger partial charge in [0.15, 0.2) is 0 Å². The van der Waals surface area contributed by atoms with Crippen molar-refractivity contribution in [3.63, 3.8) is 0 Å². The largest absolute Gasteiger partial charge is 0.550 e. The molecule has 12 heteroatoms. The summed E-state index contributed by atoms with van der Waals surface area (Å²) in [5.41, 5.74) is 0. The lowest BCUT2D eigenvalue weighted by Crippen LogP contribution is -2.16. The fourth-order valence-electron chi connectivity index (χ4n) is 0. The van der Waals surface area contributed by atoms with Crippen molar-refractivity contribution in [1.29, 1.82) is 16.2 Å². The summed E-state index contributed by atoms with van der Waals surface area (Å²) in [4.78, 5) is 26.7. The van der Waals surface area contributed by atoms with Crippen molar-refractivity contribution in [1.82, 2.24) is 0 Å². The Morgan fingerprint density at radius 1 is 0.611 bits per heavy atom. The lowest BCUT2D eigenvalue weighted by molar-refractivity contribution is -0.303. The number of carboxylic acids is 3. The van der Waals surface area contributed by atoms with Crippen LogP contribution in [0.25, 0.3) is 0 Å². The molecule has 18 heavy (non-hydrogen) atoms. The maximum atomic E-state index is 8.89. The lowest BCUT2D eigenvalue weighted by Gasteiger charge is -1.77. The molecular weight excluding hydrogens is 252 g/mol. The Hall–Kier alpha value is -3.33. The zero-order chi connectivity index (χ0) is 16.7. The zero-order valence-corrected chi connectivity index (χ0v) is 9.79. The van der Waals surface area contributed by atoms with E-state index in [1.807, 2.05) is 0 Å². The van der Waals surface area contributed by atoms with Gasteiger partial charge in [-0.3, -0.25) is 0 Å². The highest BCUT2D eigenvalue weighted by Gasteiger charge is 1.47. The normalized spacial score (nSPS) is 4.50. The average Bonchev–Trinajstić information content (AvgIpc) is 2.23. The van der Waals surface area contributed by atoms with Crippen molar-refractivity contribution in [3.05, 3.63) is 0 Å². The topological polar surface area (TPSA) is 263 Å². The summed E-state index contributed by atoms with van der Waals surface area (Å²) in [6.45, 7) is 2.92. The van der Waals surface area contributed by atoms with E-state index in [4.69, 9.17) is 62.1 Å². The molecule has 0 atom stereocenters. The van der Waals surface area contributed by atoms with Crippen LogP contribution in [0.3, 0.4) is 0 Å². The smallest absolute Gasteiger partial charge is 0.212 e. The molecular formula is C6H12N6O6. The minimum atomic E-state index is -1.08. The number of hydrogen-bond acceptors (Lipinski definition) is 9. The molecule has 0 amide bonds. The first-order chi connectivity index (χ1) is 8.20. The van der Waals surface area contributed by atoms with E-state index in [1.165, 1.54) is 0 Å². The summed E-state index contributed by atoms with van der Waals surface area (Å²) in [5.74, 6) is -3.25. The van der Waals surface area contributed by atoms with E-state index in [2.05, 4.69) is 0 Å². The van der Waals surface area contributed by atoms with Gasteiger partial charge >= 0.3 is 0 Å². The summed E-state index contributed by atoms with van der Waals surface area (Å²) < 4.78 is 0. The maximum absolute atomic E-state index is 8.89. The van der Waals surface area contributed by atoms with Gasteiger partial charge in [-0.05, 0) is 20.8 Å². The van der Waals surface area contributed by atoms with Gasteiger partial charge in [0.2, 0.25) is 16.2 Å². The number of diazo groups is 3. The quantitative estimate of drug-likeness (QED) is 0.349. The first-order valence-corrected chi connectivity index (χ1v) is 3.40. The van der Waals surface area contributed by atoms with Crippen LogP contribution in [0.5, 0.6) is 0 Å². The number of hydrogen-bond donors (Lipinski definition) is 3. The summed E-state index contributed by atoms with van der Waals surface area (Å²) >= 11 is 0. The summed E-state index contributed by atoms with van der Waals surface area (Å²) in [5, 5.41) is 59.7. The number of rotatable bonds is 0. The SMILES string of the molecule is CC(=O)[O-].CC(=O)[O-].CC(=O)[O-].N#[NH+].N#[NH+].N#[NH+]. The molecule has 0 rings (SSSR count). The lowest BCUT2D eigenvalue weighted by atomic mass is 10.9. The van der Waals surface area contributed by atoms with Gasteiger partial charge in [-0.25, -0.2) is 0 Å². The van der Waals surface area contributed by atoms with Crippen LogP contribution in [-0.2, 0) is 14.4 Å². The van der Waals surface area contributed by atoms with E-state index in [-0.39, 0.29) is 0 Å². The number of carbonyl (C=O) groups excluding carboxylic acids is 3. The van der Waals surface area contributed by atoms with Crippen molar-refractivity contribution >= 4 is 17.9 Å². The van der Waals surface area contributed by atoms with E-state index in [0.29, 0.717) is 0 Å². The van der Waals surface area contributed by atoms with Crippen LogP contribution in [0.4, 0.5) is 0 Å². The molecule has 0 saturated carbocycles. The van der Waals surface area contributed by atoms with Crippen molar-refractivity contribution in [2.75, 3.05) is 0 Å². The average molecular weight is 264 g/mol. The Bertz CT molecular complexity index is 204. The standard InChI is InChI=1S/3C2H4O2.3N2/c3*1-2(3)4;3*1-2/h3*1H3,(H,3,4);;;. The molecule has 0 spiro atoms. The van der Waals surface area contributed by atoms with Crippen LogP contribution < -0.4 is 31.5 Å². The van der Waals surface area contributed by atoms with E-state index in [1.54, 1.807) is 0 Å². The van der Waals surface area contributed by atoms with Crippen LogP contribution >= 0.6 is 0 Å². The first kappa shape index (κ1) is 36.5. The van der Waals surface area contributed by atoms with Crippen LogP contribution in [0.15, 0.2) is 0 Å². The minimum Gasteiger partial charge on any atom is -0.550 e. The number of nitrogens with one attached hydrogen (secondary N) is 3. The van der Waals surface area contributed by atoms with Gasteiger partial charge in [0.05, 0.1) is 16.2 Å². The molecule has 0 aliphatic carbocycles. The molecule has 0 bridgehead atoms. The molecule has 3 N–H and O–H groups in total. The number of carbonyl (C=O) groups is 3. The van der Waals surface area contributed by atoms with E-state index < -0.39 is 17.9 Å². The predicted molar refractivity (Wildman–Crippen MR) is 40.1 cm³/mol. The molecule has 0 unspecified atom stereocenters. The Labute approximate surface area is 102 Å². The third-order valence-corrected chi connectivity index (χ3v) is 0. The van der Waals surface area contributed by atoms with Crippen LogP contribution in [0.1, 0.15) is 20.8 Å². The second kappa shape index (κ2) is 68.3. The van der Waals surface area contributed by atoms with Crippen LogP contribution in [0.2, 0.25) is 0 Å². The van der Waals surface area contributed by atoms with E-state index in [0.717, 1.165) is 20.8 Å². The second-order valence-electron chi connectivity index (χ2n) is 1.47. The van der Waals surface area contributed by atoms with Gasteiger partial charge in [-0.15, -0.1) is 0 Å². The highest BCUT2D eigenvalue weighted by atomic mass is 16.4. The molecule has 0 aromatic carbocycles. The van der Waals surface area contributed by atoms with Gasteiger partial charge in [0, 0.05) is 17.9 Å². The minimum absolute atomic E-state index is 0.972. The van der Waals surface area contributed by atoms with Gasteiger partial charge in [0.1, 0.15) is 0 Å². The summed E-state index contributed by atoms with van der Waals surface area (Å²) in [7, 11) is 0. The Morgan fingerprint density at radius 2 is 0.611 bits per heavy atom. The number of aliphatic carboxylic acids is 3. The molecule has 0 saturated heterocycles. The zero-order valence-electron chi connectivity index (χ0n) is 9.79. The highest BCUT2D eigenvalue weighted by Crippen LogP contribution is 1.31. The Kier molecular flexibility index (Phi) is 138. The molecule has 0 fully saturated rings. The molecule has 0 radical (unpaired) electrons. The maximum Gasteiger partial charge on any atom is 0.212 e. The Balaban J connectivity index is -0.0000000249. The van der Waals surface area contributed by atoms with Gasteiger partial charge in [0.25, 0.3) is 0 Å². The fourth-order valence-corrected chi connectivity index (χ4v) is 0.